The number of morpholine rings is 1. The second-order valence-corrected chi connectivity index (χ2v) is 5.12. The van der Waals surface area contributed by atoms with Crippen molar-refractivity contribution in [2.24, 2.45) is 11.7 Å². The molecule has 0 aromatic heterocycles. The van der Waals surface area contributed by atoms with E-state index < -0.39 is 6.03 Å². The molecule has 1 atom stereocenters. The van der Waals surface area contributed by atoms with Gasteiger partial charge >= 0.3 is 6.03 Å². The molecule has 0 aromatic carbocycles. The quantitative estimate of drug-likeness (QED) is 0.604. The first kappa shape index (κ1) is 15.9. The average molecular weight is 272 g/mol. The Bertz CT molecular complexity index is 309. The molecule has 110 valence electrons. The van der Waals surface area contributed by atoms with Gasteiger partial charge in [-0.05, 0) is 5.92 Å². The van der Waals surface area contributed by atoms with Crippen molar-refractivity contribution in [3.05, 3.63) is 0 Å². The van der Waals surface area contributed by atoms with Crippen molar-refractivity contribution in [1.82, 2.24) is 15.5 Å². The van der Waals surface area contributed by atoms with Gasteiger partial charge in [0.05, 0.1) is 19.3 Å². The first-order valence-electron chi connectivity index (χ1n) is 6.63. The van der Waals surface area contributed by atoms with Crippen molar-refractivity contribution in [1.29, 1.82) is 0 Å². The molecule has 4 N–H and O–H groups in total. The summed E-state index contributed by atoms with van der Waals surface area (Å²) in [6.07, 6.45) is -0.0312. The lowest BCUT2D eigenvalue weighted by Crippen LogP contribution is -2.50. The van der Waals surface area contributed by atoms with Gasteiger partial charge in [-0.2, -0.15) is 0 Å². The lowest BCUT2D eigenvalue weighted by atomic mass is 10.2. The van der Waals surface area contributed by atoms with Crippen LogP contribution in [0.25, 0.3) is 0 Å². The molecule has 1 aliphatic rings. The number of hydrogen-bond donors (Lipinski definition) is 3. The number of nitrogens with two attached hydrogens (primary N) is 1. The second-order valence-electron chi connectivity index (χ2n) is 5.12. The van der Waals surface area contributed by atoms with E-state index in [0.717, 1.165) is 0 Å². The van der Waals surface area contributed by atoms with E-state index in [2.05, 4.69) is 10.6 Å². The van der Waals surface area contributed by atoms with Gasteiger partial charge in [-0.1, -0.05) is 13.8 Å². The summed E-state index contributed by atoms with van der Waals surface area (Å²) in [5.41, 5.74) is 5.53. The van der Waals surface area contributed by atoms with E-state index in [1.807, 2.05) is 18.7 Å². The summed E-state index contributed by atoms with van der Waals surface area (Å²) in [6.45, 7) is 7.02. The van der Waals surface area contributed by atoms with E-state index in [1.54, 1.807) is 0 Å². The van der Waals surface area contributed by atoms with Crippen molar-refractivity contribution in [2.45, 2.75) is 20.0 Å². The predicted octanol–water partition coefficient (Wildman–Crippen LogP) is -0.872. The van der Waals surface area contributed by atoms with Gasteiger partial charge in [-0.25, -0.2) is 4.79 Å². The van der Waals surface area contributed by atoms with Gasteiger partial charge in [-0.15, -0.1) is 0 Å². The van der Waals surface area contributed by atoms with Crippen molar-refractivity contribution < 1.29 is 14.3 Å². The number of amides is 3. The highest BCUT2D eigenvalue weighted by Gasteiger charge is 2.21. The van der Waals surface area contributed by atoms with Crippen LogP contribution >= 0.6 is 0 Å². The van der Waals surface area contributed by atoms with Gasteiger partial charge < -0.3 is 15.8 Å². The summed E-state index contributed by atoms with van der Waals surface area (Å²) in [7, 11) is 0. The molecule has 1 fully saturated rings. The highest BCUT2D eigenvalue weighted by Crippen LogP contribution is 2.03. The molecule has 1 aliphatic heterocycles. The van der Waals surface area contributed by atoms with Crippen LogP contribution < -0.4 is 16.4 Å². The van der Waals surface area contributed by atoms with Crippen LogP contribution in [0.3, 0.4) is 0 Å². The summed E-state index contributed by atoms with van der Waals surface area (Å²) < 4.78 is 5.41. The summed E-state index contributed by atoms with van der Waals surface area (Å²) in [5.74, 6) is 0.0457. The number of carbonyl (C=O) groups is 2. The molecule has 1 unspecified atom stereocenters. The molecule has 19 heavy (non-hydrogen) atoms. The topological polar surface area (TPSA) is 96.7 Å². The largest absolute Gasteiger partial charge is 0.374 e. The van der Waals surface area contributed by atoms with E-state index in [4.69, 9.17) is 10.5 Å². The predicted molar refractivity (Wildman–Crippen MR) is 71.6 cm³/mol. The number of carbonyl (C=O) groups excluding carboxylic acids is 2. The number of imide groups is 1. The molecule has 7 heteroatoms. The monoisotopic (exact) mass is 272 g/mol. The number of nitrogens with zero attached hydrogens (tertiary/aromatic N) is 1. The third-order valence-electron chi connectivity index (χ3n) is 2.78. The molecule has 3 amide bonds. The fraction of sp³-hybridized carbons (Fsp3) is 0.833. The third kappa shape index (κ3) is 6.51. The number of hydrogen-bond acceptors (Lipinski definition) is 5. The third-order valence-corrected chi connectivity index (χ3v) is 2.78. The molecule has 0 saturated carbocycles. The Hall–Kier alpha value is -1.18. The average Bonchev–Trinajstić information content (AvgIpc) is 2.36. The fourth-order valence-electron chi connectivity index (χ4n) is 1.78. The zero-order valence-electron chi connectivity index (χ0n) is 11.6. The molecule has 0 aromatic rings. The number of ether oxygens (including phenoxy) is 1. The maximum Gasteiger partial charge on any atom is 0.321 e. The van der Waals surface area contributed by atoms with E-state index in [1.165, 1.54) is 0 Å². The highest BCUT2D eigenvalue weighted by atomic mass is 16.5. The molecule has 0 aliphatic carbocycles. The van der Waals surface area contributed by atoms with E-state index in [-0.39, 0.29) is 18.6 Å². The Morgan fingerprint density at radius 2 is 2.21 bits per heavy atom. The zero-order valence-corrected chi connectivity index (χ0v) is 11.6. The summed E-state index contributed by atoms with van der Waals surface area (Å²) in [4.78, 5) is 25.0. The minimum atomic E-state index is -0.442. The maximum absolute atomic E-state index is 11.7. The fourth-order valence-corrected chi connectivity index (χ4v) is 1.78. The minimum absolute atomic E-state index is 0.0312. The van der Waals surface area contributed by atoms with Crippen molar-refractivity contribution in [3.8, 4) is 0 Å². The standard InChI is InChI=1S/C12H24N4O3/c1-9(2)6-14-12(18)15-11(17)8-16-3-4-19-10(5-13)7-16/h9-10H,3-8,13H2,1-2H3,(H2,14,15,17,18). The molecule has 0 bridgehead atoms. The van der Waals surface area contributed by atoms with Crippen LogP contribution in [0.1, 0.15) is 13.8 Å². The first-order chi connectivity index (χ1) is 9.01. The second kappa shape index (κ2) is 8.08. The van der Waals surface area contributed by atoms with Crippen LogP contribution in [-0.4, -0.2) is 62.3 Å². The highest BCUT2D eigenvalue weighted by molar-refractivity contribution is 5.95. The van der Waals surface area contributed by atoms with Crippen LogP contribution in [-0.2, 0) is 9.53 Å². The lowest BCUT2D eigenvalue weighted by Gasteiger charge is -2.31. The van der Waals surface area contributed by atoms with Crippen LogP contribution in [0.15, 0.2) is 0 Å². The SMILES string of the molecule is CC(C)CNC(=O)NC(=O)CN1CCOC(CN)C1. The van der Waals surface area contributed by atoms with E-state index in [9.17, 15) is 9.59 Å². The van der Waals surface area contributed by atoms with Crippen LogP contribution in [0.2, 0.25) is 0 Å². The van der Waals surface area contributed by atoms with Crippen LogP contribution in [0.5, 0.6) is 0 Å². The minimum Gasteiger partial charge on any atom is -0.374 e. The Balaban J connectivity index is 2.24. The summed E-state index contributed by atoms with van der Waals surface area (Å²) >= 11 is 0. The van der Waals surface area contributed by atoms with Gasteiger partial charge in [0.25, 0.3) is 0 Å². The van der Waals surface area contributed by atoms with Gasteiger partial charge in [0.15, 0.2) is 0 Å². The van der Waals surface area contributed by atoms with Gasteiger partial charge in [0, 0.05) is 26.2 Å². The van der Waals surface area contributed by atoms with Crippen LogP contribution in [0, 0.1) is 5.92 Å². The molecule has 0 spiro atoms. The lowest BCUT2D eigenvalue weighted by molar-refractivity contribution is -0.123. The van der Waals surface area contributed by atoms with E-state index in [0.29, 0.717) is 38.7 Å². The number of nitrogens with one attached hydrogen (secondary N) is 2. The van der Waals surface area contributed by atoms with Crippen LogP contribution in [0.4, 0.5) is 4.79 Å². The maximum atomic E-state index is 11.7. The van der Waals surface area contributed by atoms with Gasteiger partial charge in [0.1, 0.15) is 0 Å². The smallest absolute Gasteiger partial charge is 0.321 e. The summed E-state index contributed by atoms with van der Waals surface area (Å²) in [5, 5.41) is 4.95. The zero-order chi connectivity index (χ0) is 14.3. The Labute approximate surface area is 113 Å². The molecular formula is C12H24N4O3. The molecule has 1 saturated heterocycles. The van der Waals surface area contributed by atoms with Gasteiger partial charge in [0.2, 0.25) is 5.91 Å². The van der Waals surface area contributed by atoms with E-state index >= 15 is 0 Å². The normalized spacial score (nSPS) is 20.3. The molecule has 7 nitrogen and oxygen atoms in total. The first-order valence-corrected chi connectivity index (χ1v) is 6.63. The van der Waals surface area contributed by atoms with Gasteiger partial charge in [-0.3, -0.25) is 15.0 Å². The number of urea groups is 1. The molecule has 0 radical (unpaired) electrons. The molecule has 1 rings (SSSR count). The molecule has 1 heterocycles. The summed E-state index contributed by atoms with van der Waals surface area (Å²) in [6, 6.07) is -0.442. The van der Waals surface area contributed by atoms with Crippen molar-refractivity contribution >= 4 is 11.9 Å². The molecular weight excluding hydrogens is 248 g/mol. The Morgan fingerprint density at radius 1 is 1.47 bits per heavy atom. The number of rotatable bonds is 5. The Kier molecular flexibility index (Phi) is 6.75. The van der Waals surface area contributed by atoms with Crippen molar-refractivity contribution in [3.63, 3.8) is 0 Å². The Morgan fingerprint density at radius 3 is 2.84 bits per heavy atom. The van der Waals surface area contributed by atoms with Crippen molar-refractivity contribution in [2.75, 3.05) is 39.3 Å².